The lowest BCUT2D eigenvalue weighted by molar-refractivity contribution is -0.139. The predicted molar refractivity (Wildman–Crippen MR) is 97.4 cm³/mol. The van der Waals surface area contributed by atoms with Crippen molar-refractivity contribution in [3.63, 3.8) is 0 Å². The summed E-state index contributed by atoms with van der Waals surface area (Å²) in [5, 5.41) is 0. The third-order valence-corrected chi connectivity index (χ3v) is 7.93. The number of ether oxygens (including phenoxy) is 1. The van der Waals surface area contributed by atoms with Crippen molar-refractivity contribution in [3.05, 3.63) is 24.3 Å². The van der Waals surface area contributed by atoms with Crippen LogP contribution >= 0.6 is 0 Å². The van der Waals surface area contributed by atoms with Gasteiger partial charge in [0.15, 0.2) is 0 Å². The van der Waals surface area contributed by atoms with Gasteiger partial charge in [-0.25, -0.2) is 8.42 Å². The Bertz CT molecular complexity index is 798. The van der Waals surface area contributed by atoms with Gasteiger partial charge in [0.1, 0.15) is 5.75 Å². The van der Waals surface area contributed by atoms with Crippen LogP contribution in [0.1, 0.15) is 38.5 Å². The molecular weight excluding hydrogens is 352 g/mol. The normalized spacial score (nSPS) is 23.6. The van der Waals surface area contributed by atoms with E-state index in [4.69, 9.17) is 4.74 Å². The van der Waals surface area contributed by atoms with Crippen LogP contribution in [0.25, 0.3) is 0 Å². The first-order chi connectivity index (χ1) is 12.4. The fourth-order valence-electron chi connectivity index (χ4n) is 4.36. The van der Waals surface area contributed by atoms with Gasteiger partial charge in [0.05, 0.1) is 24.1 Å². The first-order valence-corrected chi connectivity index (χ1v) is 10.8. The predicted octanol–water partition coefficient (Wildman–Crippen LogP) is 2.25. The molecule has 3 aliphatic rings. The Balaban J connectivity index is 1.67. The molecule has 1 aromatic rings. The highest BCUT2D eigenvalue weighted by Gasteiger charge is 2.52. The zero-order valence-corrected chi connectivity index (χ0v) is 16.0. The van der Waals surface area contributed by atoms with E-state index in [1.54, 1.807) is 24.3 Å². The monoisotopic (exact) mass is 378 g/mol. The molecule has 26 heavy (non-hydrogen) atoms. The molecule has 2 aliphatic carbocycles. The number of amides is 1. The van der Waals surface area contributed by atoms with Gasteiger partial charge < -0.3 is 9.64 Å². The average Bonchev–Trinajstić information content (AvgIpc) is 3.34. The molecule has 3 fully saturated rings. The van der Waals surface area contributed by atoms with Crippen molar-refractivity contribution >= 4 is 15.9 Å². The molecule has 142 valence electrons. The molecule has 1 heterocycles. The second-order valence-electron chi connectivity index (χ2n) is 7.84. The van der Waals surface area contributed by atoms with E-state index >= 15 is 0 Å². The molecular formula is C19H26N2O4S. The largest absolute Gasteiger partial charge is 0.497 e. The molecule has 1 aliphatic heterocycles. The Morgan fingerprint density at radius 1 is 1.23 bits per heavy atom. The molecule has 0 radical (unpaired) electrons. The van der Waals surface area contributed by atoms with E-state index in [9.17, 15) is 13.2 Å². The molecule has 0 unspecified atom stereocenters. The molecule has 0 aromatic heterocycles. The fourth-order valence-corrected chi connectivity index (χ4v) is 6.16. The second kappa shape index (κ2) is 6.53. The van der Waals surface area contributed by atoms with Gasteiger partial charge in [0, 0.05) is 19.2 Å². The standard InChI is InChI=1S/C19H26N2O4S/c1-25-16-5-4-6-17(11-16)26(23,24)21-13-18(22)20(12-15-7-8-15)14-19(21)9-2-3-10-19/h4-6,11,15H,2-3,7-10,12-14H2,1H3. The van der Waals surface area contributed by atoms with Gasteiger partial charge in [-0.2, -0.15) is 4.31 Å². The van der Waals surface area contributed by atoms with Crippen LogP contribution in [-0.2, 0) is 14.8 Å². The molecule has 1 saturated heterocycles. The Kier molecular flexibility index (Phi) is 4.47. The van der Waals surface area contributed by atoms with Crippen molar-refractivity contribution in [1.29, 1.82) is 0 Å². The van der Waals surface area contributed by atoms with Crippen LogP contribution in [0.3, 0.4) is 0 Å². The molecule has 0 N–H and O–H groups in total. The number of sulfonamides is 1. The fraction of sp³-hybridized carbons (Fsp3) is 0.632. The molecule has 6 nitrogen and oxygen atoms in total. The van der Waals surface area contributed by atoms with E-state index in [2.05, 4.69) is 0 Å². The lowest BCUT2D eigenvalue weighted by Crippen LogP contribution is -2.64. The zero-order chi connectivity index (χ0) is 18.4. The van der Waals surface area contributed by atoms with E-state index in [-0.39, 0.29) is 17.3 Å². The van der Waals surface area contributed by atoms with Crippen molar-refractivity contribution < 1.29 is 17.9 Å². The number of piperazine rings is 1. The number of hydrogen-bond donors (Lipinski definition) is 0. The van der Waals surface area contributed by atoms with Crippen LogP contribution < -0.4 is 4.74 Å². The summed E-state index contributed by atoms with van der Waals surface area (Å²) in [5.41, 5.74) is -0.454. The Morgan fingerprint density at radius 3 is 2.62 bits per heavy atom. The Morgan fingerprint density at radius 2 is 1.96 bits per heavy atom. The van der Waals surface area contributed by atoms with E-state index < -0.39 is 15.6 Å². The van der Waals surface area contributed by atoms with Crippen molar-refractivity contribution in [2.45, 2.75) is 49.0 Å². The number of carbonyl (C=O) groups is 1. The maximum atomic E-state index is 13.4. The SMILES string of the molecule is COc1cccc(S(=O)(=O)N2CC(=O)N(CC3CC3)CC23CCCC3)c1. The first-order valence-electron chi connectivity index (χ1n) is 9.39. The van der Waals surface area contributed by atoms with Crippen molar-refractivity contribution in [2.75, 3.05) is 26.7 Å². The quantitative estimate of drug-likeness (QED) is 0.788. The number of hydrogen-bond acceptors (Lipinski definition) is 4. The second-order valence-corrected chi connectivity index (χ2v) is 9.70. The molecule has 1 aromatic carbocycles. The number of methoxy groups -OCH3 is 1. The minimum absolute atomic E-state index is 0.0493. The van der Waals surface area contributed by atoms with Crippen LogP contribution in [0, 0.1) is 5.92 Å². The van der Waals surface area contributed by atoms with Crippen LogP contribution in [0.2, 0.25) is 0 Å². The van der Waals surface area contributed by atoms with Crippen LogP contribution in [0.15, 0.2) is 29.2 Å². The summed E-state index contributed by atoms with van der Waals surface area (Å²) in [7, 11) is -2.23. The summed E-state index contributed by atoms with van der Waals surface area (Å²) < 4.78 is 33.5. The summed E-state index contributed by atoms with van der Waals surface area (Å²) in [6.45, 7) is 1.27. The first kappa shape index (κ1) is 17.8. The van der Waals surface area contributed by atoms with E-state index in [1.165, 1.54) is 24.3 Å². The van der Waals surface area contributed by atoms with E-state index in [0.717, 1.165) is 32.2 Å². The molecule has 0 atom stereocenters. The number of carbonyl (C=O) groups excluding carboxylic acids is 1. The highest BCUT2D eigenvalue weighted by Crippen LogP contribution is 2.42. The summed E-state index contributed by atoms with van der Waals surface area (Å²) in [6, 6.07) is 6.53. The number of rotatable bonds is 5. The Labute approximate surface area is 155 Å². The van der Waals surface area contributed by atoms with E-state index in [0.29, 0.717) is 18.2 Å². The summed E-state index contributed by atoms with van der Waals surface area (Å²) in [5.74, 6) is 1.05. The third kappa shape index (κ3) is 3.11. The van der Waals surface area contributed by atoms with E-state index in [1.807, 2.05) is 4.90 Å². The van der Waals surface area contributed by atoms with Crippen LogP contribution in [0.5, 0.6) is 5.75 Å². The summed E-state index contributed by atoms with van der Waals surface area (Å²) in [4.78, 5) is 14.8. The maximum Gasteiger partial charge on any atom is 0.244 e. The Hall–Kier alpha value is -1.60. The van der Waals surface area contributed by atoms with Crippen LogP contribution in [-0.4, -0.2) is 55.8 Å². The van der Waals surface area contributed by atoms with Crippen LogP contribution in [0.4, 0.5) is 0 Å². The summed E-state index contributed by atoms with van der Waals surface area (Å²) in [6.07, 6.45) is 6.03. The van der Waals surface area contributed by atoms with Gasteiger partial charge in [0.25, 0.3) is 0 Å². The van der Waals surface area contributed by atoms with Gasteiger partial charge in [0.2, 0.25) is 15.9 Å². The highest BCUT2D eigenvalue weighted by molar-refractivity contribution is 7.89. The molecule has 4 rings (SSSR count). The highest BCUT2D eigenvalue weighted by atomic mass is 32.2. The lowest BCUT2D eigenvalue weighted by Gasteiger charge is -2.47. The molecule has 2 saturated carbocycles. The number of nitrogens with zero attached hydrogens (tertiary/aromatic N) is 2. The maximum absolute atomic E-state index is 13.4. The minimum atomic E-state index is -3.75. The third-order valence-electron chi connectivity index (χ3n) is 5.98. The van der Waals surface area contributed by atoms with Gasteiger partial charge in [-0.05, 0) is 43.7 Å². The topological polar surface area (TPSA) is 66.9 Å². The van der Waals surface area contributed by atoms with Gasteiger partial charge in [-0.15, -0.1) is 0 Å². The zero-order valence-electron chi connectivity index (χ0n) is 15.2. The van der Waals surface area contributed by atoms with Crippen molar-refractivity contribution in [1.82, 2.24) is 9.21 Å². The molecule has 1 spiro atoms. The molecule has 0 bridgehead atoms. The lowest BCUT2D eigenvalue weighted by atomic mass is 9.94. The minimum Gasteiger partial charge on any atom is -0.497 e. The van der Waals surface area contributed by atoms with Gasteiger partial charge >= 0.3 is 0 Å². The van der Waals surface area contributed by atoms with Crippen molar-refractivity contribution in [2.24, 2.45) is 5.92 Å². The average molecular weight is 378 g/mol. The van der Waals surface area contributed by atoms with Gasteiger partial charge in [-0.3, -0.25) is 4.79 Å². The summed E-state index contributed by atoms with van der Waals surface area (Å²) >= 11 is 0. The molecule has 7 heteroatoms. The number of benzene rings is 1. The van der Waals surface area contributed by atoms with Gasteiger partial charge in [-0.1, -0.05) is 18.9 Å². The van der Waals surface area contributed by atoms with Crippen molar-refractivity contribution in [3.8, 4) is 5.75 Å². The molecule has 1 amide bonds. The smallest absolute Gasteiger partial charge is 0.244 e.